The Hall–Kier alpha value is -4.39. The summed E-state index contributed by atoms with van der Waals surface area (Å²) in [7, 11) is 1.63. The van der Waals surface area contributed by atoms with Gasteiger partial charge in [0, 0.05) is 11.9 Å². The predicted octanol–water partition coefficient (Wildman–Crippen LogP) is 5.37. The van der Waals surface area contributed by atoms with Gasteiger partial charge in [-0.2, -0.15) is 5.10 Å². The van der Waals surface area contributed by atoms with E-state index >= 15 is 0 Å². The number of methoxy groups -OCH3 is 1. The van der Waals surface area contributed by atoms with Gasteiger partial charge in [0.2, 0.25) is 0 Å². The van der Waals surface area contributed by atoms with Crippen molar-refractivity contribution in [3.05, 3.63) is 105 Å². The quantitative estimate of drug-likeness (QED) is 0.327. The zero-order valence-corrected chi connectivity index (χ0v) is 21.1. The Balaban J connectivity index is 1.55. The van der Waals surface area contributed by atoms with Gasteiger partial charge in [-0.05, 0) is 80.8 Å². The first-order valence-electron chi connectivity index (χ1n) is 11.8. The van der Waals surface area contributed by atoms with E-state index in [0.717, 1.165) is 33.8 Å². The Kier molecular flexibility index (Phi) is 6.06. The van der Waals surface area contributed by atoms with E-state index < -0.39 is 0 Å². The lowest BCUT2D eigenvalue weighted by molar-refractivity contribution is 0.306. The Labute approximate surface area is 209 Å². The fourth-order valence-corrected chi connectivity index (χ4v) is 4.36. The van der Waals surface area contributed by atoms with Gasteiger partial charge in [-0.25, -0.2) is 9.67 Å². The van der Waals surface area contributed by atoms with Crippen LogP contribution in [0.4, 0.5) is 0 Å². The maximum atomic E-state index is 13.6. The zero-order chi connectivity index (χ0) is 25.4. The zero-order valence-electron chi connectivity index (χ0n) is 21.1. The highest BCUT2D eigenvalue weighted by atomic mass is 16.5. The smallest absolute Gasteiger partial charge is 0.267 e. The van der Waals surface area contributed by atoms with Gasteiger partial charge < -0.3 is 9.47 Å². The van der Waals surface area contributed by atoms with E-state index in [0.29, 0.717) is 35.0 Å². The molecule has 3 aromatic heterocycles. The number of benzene rings is 2. The highest BCUT2D eigenvalue weighted by Crippen LogP contribution is 2.26. The molecule has 0 unspecified atom stereocenters. The molecule has 0 atom stereocenters. The molecule has 0 aliphatic heterocycles. The van der Waals surface area contributed by atoms with Crippen molar-refractivity contribution in [2.24, 2.45) is 0 Å². The van der Waals surface area contributed by atoms with Crippen LogP contribution in [-0.4, -0.2) is 26.3 Å². The molecule has 0 N–H and O–H groups in total. The molecule has 0 aliphatic carbocycles. The SMILES string of the molecule is COc1cccc(COc2cccn3c(=O)c(-c4cc(C)n(-c5cc(C)ccc5C)n4)c(C)nc23)c1. The summed E-state index contributed by atoms with van der Waals surface area (Å²) in [6.07, 6.45) is 1.71. The standard InChI is InChI=1S/C29H28N4O3/c1-18-11-12-19(2)25(14-18)33-20(3)15-24(31-33)27-21(4)30-28-26(10-7-13-32(28)29(27)34)36-17-22-8-6-9-23(16-22)35-5/h6-16H,17H2,1-5H3. The van der Waals surface area contributed by atoms with Crippen LogP contribution in [0.2, 0.25) is 0 Å². The van der Waals surface area contributed by atoms with Gasteiger partial charge in [-0.1, -0.05) is 24.3 Å². The molecule has 0 fully saturated rings. The maximum absolute atomic E-state index is 13.6. The Morgan fingerprint density at radius 1 is 0.944 bits per heavy atom. The number of fused-ring (bicyclic) bond motifs is 1. The van der Waals surface area contributed by atoms with E-state index in [4.69, 9.17) is 19.6 Å². The van der Waals surface area contributed by atoms with Gasteiger partial charge >= 0.3 is 0 Å². The summed E-state index contributed by atoms with van der Waals surface area (Å²) >= 11 is 0. The third kappa shape index (κ3) is 4.24. The summed E-state index contributed by atoms with van der Waals surface area (Å²) in [6.45, 7) is 8.26. The topological polar surface area (TPSA) is 70.7 Å². The molecule has 0 aliphatic rings. The molecule has 7 nitrogen and oxygen atoms in total. The van der Waals surface area contributed by atoms with Crippen molar-refractivity contribution >= 4 is 5.65 Å². The van der Waals surface area contributed by atoms with E-state index in [9.17, 15) is 4.79 Å². The van der Waals surface area contributed by atoms with E-state index in [1.165, 1.54) is 4.40 Å². The molecule has 5 aromatic rings. The molecule has 0 bridgehead atoms. The van der Waals surface area contributed by atoms with Crippen LogP contribution in [0, 0.1) is 27.7 Å². The molecule has 5 rings (SSSR count). The van der Waals surface area contributed by atoms with Crippen LogP contribution < -0.4 is 15.0 Å². The van der Waals surface area contributed by atoms with E-state index in [2.05, 4.69) is 32.0 Å². The molecule has 0 saturated heterocycles. The van der Waals surface area contributed by atoms with Gasteiger partial charge in [-0.15, -0.1) is 0 Å². The number of nitrogens with zero attached hydrogens (tertiary/aromatic N) is 4. The van der Waals surface area contributed by atoms with E-state index in [-0.39, 0.29) is 5.56 Å². The van der Waals surface area contributed by atoms with Gasteiger partial charge in [0.05, 0.1) is 24.1 Å². The van der Waals surface area contributed by atoms with Crippen molar-refractivity contribution in [1.82, 2.24) is 19.2 Å². The van der Waals surface area contributed by atoms with E-state index in [1.54, 1.807) is 19.4 Å². The summed E-state index contributed by atoms with van der Waals surface area (Å²) in [5.74, 6) is 1.30. The molecule has 36 heavy (non-hydrogen) atoms. The molecule has 2 aromatic carbocycles. The van der Waals surface area contributed by atoms with Gasteiger partial charge in [0.15, 0.2) is 11.4 Å². The van der Waals surface area contributed by atoms with Crippen molar-refractivity contribution < 1.29 is 9.47 Å². The number of hydrogen-bond acceptors (Lipinski definition) is 5. The molecule has 7 heteroatoms. The molecular formula is C29H28N4O3. The second-order valence-electron chi connectivity index (χ2n) is 8.96. The lowest BCUT2D eigenvalue weighted by atomic mass is 10.1. The normalized spacial score (nSPS) is 11.1. The molecule has 3 heterocycles. The minimum atomic E-state index is -0.185. The number of pyridine rings is 1. The summed E-state index contributed by atoms with van der Waals surface area (Å²) < 4.78 is 14.8. The van der Waals surface area contributed by atoms with Crippen LogP contribution in [0.3, 0.4) is 0 Å². The van der Waals surface area contributed by atoms with Crippen LogP contribution in [0.15, 0.2) is 71.7 Å². The van der Waals surface area contributed by atoms with Crippen LogP contribution in [0.1, 0.15) is 28.1 Å². The van der Waals surface area contributed by atoms with Crippen LogP contribution in [-0.2, 0) is 6.61 Å². The first-order chi connectivity index (χ1) is 17.4. The van der Waals surface area contributed by atoms with Crippen LogP contribution in [0.25, 0.3) is 22.6 Å². The van der Waals surface area contributed by atoms with Gasteiger partial charge in [0.1, 0.15) is 18.1 Å². The monoisotopic (exact) mass is 480 g/mol. The minimum absolute atomic E-state index is 0.185. The largest absolute Gasteiger partial charge is 0.497 e. The average Bonchev–Trinajstić information content (AvgIpc) is 3.25. The van der Waals surface area contributed by atoms with Crippen molar-refractivity contribution in [1.29, 1.82) is 0 Å². The van der Waals surface area contributed by atoms with Crippen molar-refractivity contribution in [2.75, 3.05) is 7.11 Å². The minimum Gasteiger partial charge on any atom is -0.497 e. The highest BCUT2D eigenvalue weighted by molar-refractivity contribution is 5.66. The summed E-state index contributed by atoms with van der Waals surface area (Å²) in [5, 5.41) is 4.82. The summed E-state index contributed by atoms with van der Waals surface area (Å²) in [5.41, 5.74) is 7.12. The number of rotatable bonds is 6. The molecule has 0 radical (unpaired) electrons. The third-order valence-corrected chi connectivity index (χ3v) is 6.26. The fourth-order valence-electron chi connectivity index (χ4n) is 4.36. The number of hydrogen-bond donors (Lipinski definition) is 0. The fraction of sp³-hybridized carbons (Fsp3) is 0.207. The molecule has 0 spiro atoms. The lowest BCUT2D eigenvalue weighted by Gasteiger charge is -2.12. The summed E-state index contributed by atoms with van der Waals surface area (Å²) in [4.78, 5) is 18.4. The second-order valence-corrected chi connectivity index (χ2v) is 8.96. The first-order valence-corrected chi connectivity index (χ1v) is 11.8. The third-order valence-electron chi connectivity index (χ3n) is 6.26. The number of ether oxygens (including phenoxy) is 2. The van der Waals surface area contributed by atoms with Crippen LogP contribution in [0.5, 0.6) is 11.5 Å². The van der Waals surface area contributed by atoms with Crippen molar-refractivity contribution in [3.63, 3.8) is 0 Å². The first kappa shape index (κ1) is 23.4. The number of aryl methyl sites for hydroxylation is 4. The summed E-state index contributed by atoms with van der Waals surface area (Å²) in [6, 6.07) is 19.5. The Morgan fingerprint density at radius 2 is 1.78 bits per heavy atom. The highest BCUT2D eigenvalue weighted by Gasteiger charge is 2.19. The lowest BCUT2D eigenvalue weighted by Crippen LogP contribution is -2.19. The van der Waals surface area contributed by atoms with Gasteiger partial charge in [0.25, 0.3) is 5.56 Å². The van der Waals surface area contributed by atoms with Crippen molar-refractivity contribution in [2.45, 2.75) is 34.3 Å². The van der Waals surface area contributed by atoms with Crippen molar-refractivity contribution in [3.8, 4) is 28.4 Å². The average molecular weight is 481 g/mol. The molecule has 0 amide bonds. The number of aromatic nitrogens is 4. The Bertz CT molecular complexity index is 1650. The molecular weight excluding hydrogens is 452 g/mol. The second kappa shape index (κ2) is 9.34. The molecule has 182 valence electrons. The van der Waals surface area contributed by atoms with E-state index in [1.807, 2.05) is 54.9 Å². The van der Waals surface area contributed by atoms with Crippen LogP contribution >= 0.6 is 0 Å². The predicted molar refractivity (Wildman–Crippen MR) is 140 cm³/mol. The van der Waals surface area contributed by atoms with Gasteiger partial charge in [-0.3, -0.25) is 9.20 Å². The maximum Gasteiger partial charge on any atom is 0.267 e. The Morgan fingerprint density at radius 3 is 2.58 bits per heavy atom. The molecule has 0 saturated carbocycles.